The van der Waals surface area contributed by atoms with Crippen LogP contribution in [0.3, 0.4) is 0 Å². The van der Waals surface area contributed by atoms with Crippen molar-refractivity contribution in [3.05, 3.63) is 52.0 Å². The third kappa shape index (κ3) is 4.70. The van der Waals surface area contributed by atoms with Crippen molar-refractivity contribution in [2.75, 3.05) is 16.3 Å². The Bertz CT molecular complexity index is 866. The molecule has 6 nitrogen and oxygen atoms in total. The van der Waals surface area contributed by atoms with Gasteiger partial charge in [-0.3, -0.25) is 9.52 Å². The Morgan fingerprint density at radius 1 is 1.17 bits per heavy atom. The number of hydrogen-bond donors (Lipinski definition) is 3. The Morgan fingerprint density at radius 3 is 2.48 bits per heavy atom. The number of aromatic hydroxyl groups is 1. The van der Waals surface area contributed by atoms with Gasteiger partial charge in [-0.2, -0.15) is 0 Å². The minimum Gasteiger partial charge on any atom is -0.506 e. The Morgan fingerprint density at radius 2 is 1.83 bits per heavy atom. The summed E-state index contributed by atoms with van der Waals surface area (Å²) in [6.45, 7) is 1.80. The lowest BCUT2D eigenvalue weighted by Crippen LogP contribution is -2.13. The van der Waals surface area contributed by atoms with E-state index in [0.717, 1.165) is 11.8 Å². The Kier molecular flexibility index (Phi) is 4.96. The molecule has 2 aromatic carbocycles. The third-order valence-corrected chi connectivity index (χ3v) is 4.09. The van der Waals surface area contributed by atoms with Gasteiger partial charge in [0.15, 0.2) is 0 Å². The SMILES string of the molecule is Cc1cc(Br)c(O)c(C(=O)Nc2cccc(NS(C)(=O)=O)c2)c1. The van der Waals surface area contributed by atoms with Gasteiger partial charge in [0.25, 0.3) is 5.91 Å². The molecule has 0 radical (unpaired) electrons. The number of carbonyl (C=O) groups is 1. The summed E-state index contributed by atoms with van der Waals surface area (Å²) in [7, 11) is -3.40. The highest BCUT2D eigenvalue weighted by Crippen LogP contribution is 2.30. The van der Waals surface area contributed by atoms with E-state index >= 15 is 0 Å². The third-order valence-electron chi connectivity index (χ3n) is 2.88. The average molecular weight is 399 g/mol. The number of rotatable bonds is 4. The molecule has 0 bridgehead atoms. The average Bonchev–Trinajstić information content (AvgIpc) is 2.41. The largest absolute Gasteiger partial charge is 0.506 e. The Labute approximate surface area is 142 Å². The standard InChI is InChI=1S/C15H15BrN2O4S/c1-9-6-12(14(19)13(16)7-9)15(20)17-10-4-3-5-11(8-10)18-23(2,21)22/h3-8,18-19H,1-2H3,(H,17,20). The van der Waals surface area contributed by atoms with Crippen LogP contribution in [0.4, 0.5) is 11.4 Å². The number of phenolic OH excluding ortho intramolecular Hbond substituents is 1. The van der Waals surface area contributed by atoms with E-state index in [0.29, 0.717) is 15.8 Å². The zero-order valence-electron chi connectivity index (χ0n) is 12.4. The summed E-state index contributed by atoms with van der Waals surface area (Å²) in [5.41, 5.74) is 1.67. The molecule has 0 saturated carbocycles. The van der Waals surface area contributed by atoms with Crippen molar-refractivity contribution in [2.24, 2.45) is 0 Å². The predicted molar refractivity (Wildman–Crippen MR) is 93.4 cm³/mol. The van der Waals surface area contributed by atoms with Crippen LogP contribution in [-0.4, -0.2) is 25.7 Å². The van der Waals surface area contributed by atoms with Crippen molar-refractivity contribution >= 4 is 43.2 Å². The maximum absolute atomic E-state index is 12.3. The van der Waals surface area contributed by atoms with Crippen LogP contribution in [0.2, 0.25) is 0 Å². The first kappa shape index (κ1) is 17.3. The highest BCUT2D eigenvalue weighted by Gasteiger charge is 2.15. The quantitative estimate of drug-likeness (QED) is 0.736. The van der Waals surface area contributed by atoms with E-state index < -0.39 is 15.9 Å². The highest BCUT2D eigenvalue weighted by atomic mass is 79.9. The number of benzene rings is 2. The zero-order chi connectivity index (χ0) is 17.2. The molecule has 2 aromatic rings. The van der Waals surface area contributed by atoms with Gasteiger partial charge in [0.1, 0.15) is 5.75 Å². The minimum atomic E-state index is -3.40. The first-order valence-electron chi connectivity index (χ1n) is 6.54. The van der Waals surface area contributed by atoms with Gasteiger partial charge >= 0.3 is 0 Å². The van der Waals surface area contributed by atoms with Gasteiger partial charge in [0.05, 0.1) is 22.0 Å². The molecule has 2 rings (SSSR count). The van der Waals surface area contributed by atoms with Gasteiger partial charge in [-0.1, -0.05) is 6.07 Å². The molecule has 0 aliphatic heterocycles. The van der Waals surface area contributed by atoms with Gasteiger partial charge in [-0.25, -0.2) is 8.42 Å². The van der Waals surface area contributed by atoms with E-state index in [1.54, 1.807) is 37.3 Å². The van der Waals surface area contributed by atoms with E-state index in [9.17, 15) is 18.3 Å². The summed E-state index contributed by atoms with van der Waals surface area (Å²) in [6.07, 6.45) is 1.04. The maximum Gasteiger partial charge on any atom is 0.259 e. The van der Waals surface area contributed by atoms with Crippen molar-refractivity contribution in [1.29, 1.82) is 0 Å². The van der Waals surface area contributed by atoms with E-state index in [4.69, 9.17) is 0 Å². The monoisotopic (exact) mass is 398 g/mol. The fraction of sp³-hybridized carbons (Fsp3) is 0.133. The molecule has 8 heteroatoms. The van der Waals surface area contributed by atoms with Crippen LogP contribution < -0.4 is 10.0 Å². The van der Waals surface area contributed by atoms with E-state index in [-0.39, 0.29) is 11.3 Å². The molecule has 0 fully saturated rings. The fourth-order valence-electron chi connectivity index (χ4n) is 1.98. The lowest BCUT2D eigenvalue weighted by molar-refractivity contribution is 0.102. The molecule has 0 unspecified atom stereocenters. The fourth-order valence-corrected chi connectivity index (χ4v) is 3.11. The number of carbonyl (C=O) groups excluding carboxylic acids is 1. The van der Waals surface area contributed by atoms with Crippen LogP contribution in [0, 0.1) is 6.92 Å². The van der Waals surface area contributed by atoms with Crippen LogP contribution in [0.5, 0.6) is 5.75 Å². The molecule has 0 saturated heterocycles. The van der Waals surface area contributed by atoms with Crippen LogP contribution in [0.15, 0.2) is 40.9 Å². The number of nitrogens with one attached hydrogen (secondary N) is 2. The second kappa shape index (κ2) is 6.59. The van der Waals surface area contributed by atoms with Gasteiger partial charge in [0, 0.05) is 5.69 Å². The summed E-state index contributed by atoms with van der Waals surface area (Å²) in [5.74, 6) is -0.651. The summed E-state index contributed by atoms with van der Waals surface area (Å²) in [6, 6.07) is 9.54. The van der Waals surface area contributed by atoms with Gasteiger partial charge < -0.3 is 10.4 Å². The lowest BCUT2D eigenvalue weighted by Gasteiger charge is -2.10. The molecule has 0 spiro atoms. The highest BCUT2D eigenvalue weighted by molar-refractivity contribution is 9.10. The minimum absolute atomic E-state index is 0.123. The summed E-state index contributed by atoms with van der Waals surface area (Å²) in [4.78, 5) is 12.3. The molecular formula is C15H15BrN2O4S. The number of anilines is 2. The maximum atomic E-state index is 12.3. The number of aryl methyl sites for hydroxylation is 1. The Hall–Kier alpha value is -2.06. The zero-order valence-corrected chi connectivity index (χ0v) is 14.8. The number of hydrogen-bond acceptors (Lipinski definition) is 4. The van der Waals surface area contributed by atoms with Gasteiger partial charge in [-0.15, -0.1) is 0 Å². The normalized spacial score (nSPS) is 11.1. The number of sulfonamides is 1. The summed E-state index contributed by atoms with van der Waals surface area (Å²) < 4.78 is 25.2. The first-order valence-corrected chi connectivity index (χ1v) is 9.22. The molecule has 122 valence electrons. The topological polar surface area (TPSA) is 95.5 Å². The number of amides is 1. The molecule has 0 atom stereocenters. The molecule has 0 aliphatic carbocycles. The lowest BCUT2D eigenvalue weighted by atomic mass is 10.1. The smallest absolute Gasteiger partial charge is 0.259 e. The molecule has 23 heavy (non-hydrogen) atoms. The van der Waals surface area contributed by atoms with Crippen molar-refractivity contribution in [3.63, 3.8) is 0 Å². The van der Waals surface area contributed by atoms with Gasteiger partial charge in [-0.05, 0) is 58.7 Å². The second-order valence-corrected chi connectivity index (χ2v) is 7.65. The van der Waals surface area contributed by atoms with Crippen molar-refractivity contribution < 1.29 is 18.3 Å². The Balaban J connectivity index is 2.26. The molecule has 3 N–H and O–H groups in total. The van der Waals surface area contributed by atoms with E-state index in [1.807, 2.05) is 0 Å². The summed E-state index contributed by atoms with van der Waals surface area (Å²) in [5, 5.41) is 12.6. The van der Waals surface area contributed by atoms with Crippen LogP contribution >= 0.6 is 15.9 Å². The molecule has 0 heterocycles. The van der Waals surface area contributed by atoms with Crippen molar-refractivity contribution in [1.82, 2.24) is 0 Å². The summed E-state index contributed by atoms with van der Waals surface area (Å²) >= 11 is 3.19. The molecular weight excluding hydrogens is 384 g/mol. The number of halogens is 1. The predicted octanol–water partition coefficient (Wildman–Crippen LogP) is 3.09. The molecule has 0 aromatic heterocycles. The second-order valence-electron chi connectivity index (χ2n) is 5.05. The molecule has 1 amide bonds. The first-order chi connectivity index (χ1) is 10.7. The van der Waals surface area contributed by atoms with Crippen molar-refractivity contribution in [3.8, 4) is 5.75 Å². The number of phenols is 1. The van der Waals surface area contributed by atoms with Crippen LogP contribution in [0.25, 0.3) is 0 Å². The van der Waals surface area contributed by atoms with E-state index in [1.165, 1.54) is 6.07 Å². The van der Waals surface area contributed by atoms with Crippen LogP contribution in [-0.2, 0) is 10.0 Å². The van der Waals surface area contributed by atoms with E-state index in [2.05, 4.69) is 26.0 Å². The van der Waals surface area contributed by atoms with Crippen LogP contribution in [0.1, 0.15) is 15.9 Å². The van der Waals surface area contributed by atoms with Gasteiger partial charge in [0.2, 0.25) is 10.0 Å². The van der Waals surface area contributed by atoms with Crippen molar-refractivity contribution in [2.45, 2.75) is 6.92 Å². The molecule has 0 aliphatic rings.